The molecule has 2 aliphatic rings. The molecule has 0 radical (unpaired) electrons. The predicted octanol–water partition coefficient (Wildman–Crippen LogP) is 2.77. The number of fused-ring (bicyclic) bond motifs is 2. The highest BCUT2D eigenvalue weighted by atomic mass is 32.2. The van der Waals surface area contributed by atoms with Crippen molar-refractivity contribution in [2.75, 3.05) is 32.2 Å². The summed E-state index contributed by atoms with van der Waals surface area (Å²) in [7, 11) is -6.53. The molecule has 2 aromatic heterocycles. The summed E-state index contributed by atoms with van der Waals surface area (Å²) in [5.41, 5.74) is 2.87. The molecule has 0 saturated carbocycles. The average molecular weight is 741 g/mol. The largest absolute Gasteiger partial charge is 0.477 e. The summed E-state index contributed by atoms with van der Waals surface area (Å²) in [6.07, 6.45) is 14.7. The van der Waals surface area contributed by atoms with Gasteiger partial charge in [0.05, 0.1) is 19.1 Å². The summed E-state index contributed by atoms with van der Waals surface area (Å²) < 4.78 is 57.7. The topological polar surface area (TPSA) is 200 Å². The first-order valence-corrected chi connectivity index (χ1v) is 21.2. The number of nitrogens with zero attached hydrogens (tertiary/aromatic N) is 2. The van der Waals surface area contributed by atoms with Crippen molar-refractivity contribution in [3.63, 3.8) is 0 Å². The minimum Gasteiger partial charge on any atom is -0.477 e. The number of carbonyl (C=O) groups is 2. The highest BCUT2D eigenvalue weighted by molar-refractivity contribution is 7.89. The van der Waals surface area contributed by atoms with E-state index in [-0.39, 0.29) is 36.4 Å². The molecule has 0 amide bonds. The third kappa shape index (κ3) is 12.8. The van der Waals surface area contributed by atoms with Gasteiger partial charge in [-0.05, 0) is 94.4 Å². The highest BCUT2D eigenvalue weighted by Gasteiger charge is 2.22. The number of aromatic nitrogens is 2. The third-order valence-electron chi connectivity index (χ3n) is 8.77. The van der Waals surface area contributed by atoms with Crippen LogP contribution in [0.4, 0.5) is 0 Å². The Bertz CT molecular complexity index is 1830. The number of aryl methyl sites for hydroxylation is 2. The van der Waals surface area contributed by atoms with Gasteiger partial charge in [-0.15, -0.1) is 0 Å². The van der Waals surface area contributed by atoms with Crippen LogP contribution in [0.3, 0.4) is 0 Å². The molecule has 16 heteroatoms. The summed E-state index contributed by atoms with van der Waals surface area (Å²) in [5.74, 6) is -1.81. The maximum Gasteiger partial charge on any atom is 0.343 e. The maximum absolute atomic E-state index is 12.9. The first kappa shape index (κ1) is 41.1. The third-order valence-corrected chi connectivity index (χ3v) is 10.2. The number of carboxylic acid groups (broad SMARTS) is 1. The Hall–Kier alpha value is -3.34. The van der Waals surface area contributed by atoms with Crippen molar-refractivity contribution in [2.45, 2.75) is 110 Å². The Morgan fingerprint density at radius 2 is 1.10 bits per heavy atom. The number of carbonyl (C=O) groups excluding carboxylic acids is 1. The zero-order valence-electron chi connectivity index (χ0n) is 29.4. The Morgan fingerprint density at radius 1 is 0.700 bits per heavy atom. The molecule has 280 valence electrons. The van der Waals surface area contributed by atoms with Gasteiger partial charge >= 0.3 is 11.9 Å². The minimum atomic E-state index is -3.27. The van der Waals surface area contributed by atoms with Gasteiger partial charge in [0.1, 0.15) is 11.1 Å². The molecule has 0 unspecified atom stereocenters. The van der Waals surface area contributed by atoms with Crippen LogP contribution in [0.25, 0.3) is 0 Å². The van der Waals surface area contributed by atoms with Crippen LogP contribution < -0.4 is 20.6 Å². The van der Waals surface area contributed by atoms with Crippen molar-refractivity contribution in [1.82, 2.24) is 18.6 Å². The number of pyridine rings is 2. The fourth-order valence-electron chi connectivity index (χ4n) is 6.44. The zero-order chi connectivity index (χ0) is 36.9. The van der Waals surface area contributed by atoms with Crippen LogP contribution in [0.15, 0.2) is 21.7 Å². The minimum absolute atomic E-state index is 0.0715. The average Bonchev–Trinajstić information content (AvgIpc) is 2.99. The SMILES string of the molecule is CCOC(=O)c1cc2c(n(CCCNS(C)(=O)=O)c1=O)CCCCCC2.CS(=O)(=O)NCCCn1c2c(cc(C(=O)O)c1=O)CCCCCC2. The Morgan fingerprint density at radius 3 is 1.50 bits per heavy atom. The van der Waals surface area contributed by atoms with E-state index in [2.05, 4.69) is 9.44 Å². The fourth-order valence-corrected chi connectivity index (χ4v) is 7.47. The lowest BCUT2D eigenvalue weighted by Gasteiger charge is -2.21. The number of hydrogen-bond donors (Lipinski definition) is 3. The predicted molar refractivity (Wildman–Crippen MR) is 191 cm³/mol. The number of nitrogens with one attached hydrogen (secondary N) is 2. The molecule has 14 nitrogen and oxygen atoms in total. The van der Waals surface area contributed by atoms with Crippen LogP contribution in [0.1, 0.15) is 114 Å². The van der Waals surface area contributed by atoms with Crippen molar-refractivity contribution >= 4 is 32.0 Å². The van der Waals surface area contributed by atoms with Crippen molar-refractivity contribution in [2.24, 2.45) is 0 Å². The molecule has 0 bridgehead atoms. The van der Waals surface area contributed by atoms with E-state index in [9.17, 15) is 41.1 Å². The Labute approximate surface area is 294 Å². The smallest absolute Gasteiger partial charge is 0.343 e. The van der Waals surface area contributed by atoms with Crippen molar-refractivity contribution in [3.05, 3.63) is 66.5 Å². The van der Waals surface area contributed by atoms with Crippen LogP contribution in [-0.2, 0) is 63.6 Å². The van der Waals surface area contributed by atoms with Gasteiger partial charge in [0.25, 0.3) is 11.1 Å². The summed E-state index contributed by atoms with van der Waals surface area (Å²) in [6.45, 7) is 3.08. The van der Waals surface area contributed by atoms with Gasteiger partial charge in [-0.1, -0.05) is 25.7 Å². The first-order valence-electron chi connectivity index (χ1n) is 17.4. The molecule has 0 fully saturated rings. The van der Waals surface area contributed by atoms with Gasteiger partial charge in [0.15, 0.2) is 0 Å². The molecule has 2 aromatic rings. The van der Waals surface area contributed by atoms with Crippen LogP contribution in [0.5, 0.6) is 0 Å². The molecular weight excluding hydrogens is 689 g/mol. The normalized spacial score (nSPS) is 15.2. The van der Waals surface area contributed by atoms with E-state index < -0.39 is 37.5 Å². The number of rotatable bonds is 13. The van der Waals surface area contributed by atoms with Crippen LogP contribution >= 0.6 is 0 Å². The van der Waals surface area contributed by atoms with E-state index >= 15 is 0 Å². The van der Waals surface area contributed by atoms with Gasteiger partial charge in [-0.25, -0.2) is 35.9 Å². The number of sulfonamides is 2. The Kier molecular flexibility index (Phi) is 15.9. The molecule has 4 rings (SSSR count). The van der Waals surface area contributed by atoms with Gasteiger partial charge < -0.3 is 19.0 Å². The van der Waals surface area contributed by atoms with Gasteiger partial charge in [0.2, 0.25) is 20.0 Å². The summed E-state index contributed by atoms with van der Waals surface area (Å²) >= 11 is 0. The van der Waals surface area contributed by atoms with Gasteiger partial charge in [-0.2, -0.15) is 0 Å². The van der Waals surface area contributed by atoms with Crippen LogP contribution in [0, 0.1) is 0 Å². The number of carboxylic acids is 1. The molecular formula is C34H52N4O10S2. The summed E-state index contributed by atoms with van der Waals surface area (Å²) in [5, 5.41) is 9.29. The summed E-state index contributed by atoms with van der Waals surface area (Å²) in [6, 6.07) is 3.23. The van der Waals surface area contributed by atoms with Crippen LogP contribution in [-0.4, -0.2) is 75.2 Å². The highest BCUT2D eigenvalue weighted by Crippen LogP contribution is 2.22. The first-order chi connectivity index (χ1) is 23.6. The van der Waals surface area contributed by atoms with E-state index in [0.717, 1.165) is 112 Å². The van der Waals surface area contributed by atoms with Gasteiger partial charge in [0, 0.05) is 37.6 Å². The van der Waals surface area contributed by atoms with E-state index in [1.807, 2.05) is 0 Å². The molecule has 2 aliphatic carbocycles. The molecule has 2 heterocycles. The van der Waals surface area contributed by atoms with Crippen molar-refractivity contribution in [1.29, 1.82) is 0 Å². The fraction of sp³-hybridized carbons (Fsp3) is 0.647. The molecule has 0 aliphatic heterocycles. The van der Waals surface area contributed by atoms with E-state index in [1.165, 1.54) is 10.6 Å². The second-order valence-electron chi connectivity index (χ2n) is 12.9. The van der Waals surface area contributed by atoms with E-state index in [1.54, 1.807) is 17.6 Å². The van der Waals surface area contributed by atoms with E-state index in [0.29, 0.717) is 25.9 Å². The molecule has 3 N–H and O–H groups in total. The second kappa shape index (κ2) is 19.3. The monoisotopic (exact) mass is 740 g/mol. The quantitative estimate of drug-likeness (QED) is 0.203. The standard InChI is InChI=1S/C18H28N2O5S.C16H24N2O5S/c1-3-25-18(22)15-13-14-9-6-4-5-7-10-16(14)20(17(15)21)12-8-11-19-26(2,23)24;1-24(22,23)17-9-6-10-18-14-8-5-3-2-4-7-12(14)11-13(15(18)19)16(20)21/h13,19H,3-12H2,1-2H3;11,17H,2-10H2,1H3,(H,20,21). The molecule has 0 atom stereocenters. The second-order valence-corrected chi connectivity index (χ2v) is 16.5. The number of hydrogen-bond acceptors (Lipinski definition) is 9. The molecule has 50 heavy (non-hydrogen) atoms. The van der Waals surface area contributed by atoms with Crippen molar-refractivity contribution in [3.8, 4) is 0 Å². The lowest BCUT2D eigenvalue weighted by molar-refractivity contribution is 0.0522. The zero-order valence-corrected chi connectivity index (χ0v) is 31.1. The molecule has 0 saturated heterocycles. The van der Waals surface area contributed by atoms with E-state index in [4.69, 9.17) is 4.74 Å². The number of esters is 1. The molecule has 0 spiro atoms. The lowest BCUT2D eigenvalue weighted by atomic mass is 9.95. The lowest BCUT2D eigenvalue weighted by Crippen LogP contribution is -2.33. The maximum atomic E-state index is 12.9. The molecule has 0 aromatic carbocycles. The van der Waals surface area contributed by atoms with Crippen molar-refractivity contribution < 1.29 is 36.3 Å². The number of ether oxygens (including phenoxy) is 1. The Balaban J connectivity index is 0.000000271. The van der Waals surface area contributed by atoms with Crippen LogP contribution in [0.2, 0.25) is 0 Å². The summed E-state index contributed by atoms with van der Waals surface area (Å²) in [4.78, 5) is 48.9. The van der Waals surface area contributed by atoms with Gasteiger partial charge in [-0.3, -0.25) is 9.59 Å². The number of aromatic carboxylic acids is 1.